The fourth-order valence-corrected chi connectivity index (χ4v) is 0. The molecule has 23 valence electrons. The molecule has 0 saturated heterocycles. The third-order valence-corrected chi connectivity index (χ3v) is 0. The van der Waals surface area contributed by atoms with Gasteiger partial charge in [-0.25, -0.2) is 0 Å². The van der Waals surface area contributed by atoms with Crippen LogP contribution in [0.4, 0.5) is 0 Å². The van der Waals surface area contributed by atoms with Crippen LogP contribution in [0.5, 0.6) is 0 Å². The van der Waals surface area contributed by atoms with E-state index in [0.717, 1.165) is 0 Å². The Labute approximate surface area is 85.1 Å². The molecule has 3 radical (unpaired) electrons. The van der Waals surface area contributed by atoms with Crippen LogP contribution in [0.2, 0.25) is 0 Å². The minimum atomic E-state index is 0. The Hall–Kier alpha value is 2.84. The summed E-state index contributed by atoms with van der Waals surface area (Å²) in [6.07, 6.45) is 0. The van der Waals surface area contributed by atoms with Gasteiger partial charge in [0, 0.05) is 86.6 Å². The molecule has 0 amide bonds. The largest absolute Gasteiger partial charge is 0 e. The van der Waals surface area contributed by atoms with Gasteiger partial charge in [0.15, 0.2) is 0 Å². The van der Waals surface area contributed by atoms with Crippen molar-refractivity contribution in [2.75, 3.05) is 0 Å². The standard InChI is InChI=1S/Ir.Nb.Ta.Ti. The zero-order valence-electron chi connectivity index (χ0n) is 1.73. The van der Waals surface area contributed by atoms with Crippen LogP contribution < -0.4 is 0 Å². The van der Waals surface area contributed by atoms with Gasteiger partial charge < -0.3 is 0 Å². The summed E-state index contributed by atoms with van der Waals surface area (Å²) in [4.78, 5) is 0. The van der Waals surface area contributed by atoms with Gasteiger partial charge in [-0.2, -0.15) is 0 Å². The van der Waals surface area contributed by atoms with Gasteiger partial charge in [-0.05, 0) is 0 Å². The van der Waals surface area contributed by atoms with E-state index in [1.807, 2.05) is 0 Å². The zero-order chi connectivity index (χ0) is 0. The molecule has 4 heavy (non-hydrogen) atoms. The van der Waals surface area contributed by atoms with Crippen LogP contribution in [0.15, 0.2) is 0 Å². The van der Waals surface area contributed by atoms with E-state index in [4.69, 9.17) is 0 Å². The van der Waals surface area contributed by atoms with Crippen molar-refractivity contribution in [2.45, 2.75) is 0 Å². The van der Waals surface area contributed by atoms with E-state index in [0.29, 0.717) is 0 Å². The van der Waals surface area contributed by atoms with E-state index < -0.39 is 0 Å². The summed E-state index contributed by atoms with van der Waals surface area (Å²) in [5.41, 5.74) is 0. The van der Waals surface area contributed by atoms with Crippen molar-refractivity contribution in [1.82, 2.24) is 0 Å². The molecule has 0 aliphatic heterocycles. The first-order valence-electron chi connectivity index (χ1n) is 0. The number of rotatable bonds is 0. The Morgan fingerprint density at radius 1 is 1.00 bits per heavy atom. The molecular weight excluding hydrogens is 514 g/mol. The van der Waals surface area contributed by atoms with Crippen molar-refractivity contribution < 1.29 is 86.6 Å². The second kappa shape index (κ2) is 17.0. The Morgan fingerprint density at radius 2 is 1.00 bits per heavy atom. The molecule has 0 aliphatic rings. The topological polar surface area (TPSA) is 0 Å². The van der Waals surface area contributed by atoms with Gasteiger partial charge in [-0.15, -0.1) is 0 Å². The van der Waals surface area contributed by atoms with E-state index in [1.165, 1.54) is 0 Å². The summed E-state index contributed by atoms with van der Waals surface area (Å²) < 4.78 is 0. The maximum Gasteiger partial charge on any atom is 0 e. The Kier molecular flexibility index (Phi) is 122. The third-order valence-electron chi connectivity index (χ3n) is 0. The maximum absolute atomic E-state index is 0. The minimum absolute atomic E-state index is 0. The van der Waals surface area contributed by atoms with Crippen molar-refractivity contribution in [1.29, 1.82) is 0 Å². The molecule has 0 spiro atoms. The molecule has 0 aromatic heterocycles. The van der Waals surface area contributed by atoms with Crippen LogP contribution in [0.1, 0.15) is 0 Å². The van der Waals surface area contributed by atoms with Gasteiger partial charge in [-0.3, -0.25) is 0 Å². The number of hydrogen-bond donors (Lipinski definition) is 0. The zero-order valence-corrected chi connectivity index (χ0v) is 11.1. The molecule has 0 aliphatic carbocycles. The van der Waals surface area contributed by atoms with Gasteiger partial charge in [0.2, 0.25) is 0 Å². The number of hydrogen-bond acceptors (Lipinski definition) is 0. The van der Waals surface area contributed by atoms with Crippen LogP contribution in [0.25, 0.3) is 0 Å². The summed E-state index contributed by atoms with van der Waals surface area (Å²) in [7, 11) is 0. The Bertz CT molecular complexity index is 8.00. The molecule has 0 fully saturated rings. The predicted molar refractivity (Wildman–Crippen MR) is 0 cm³/mol. The molecule has 0 aromatic rings. The molecule has 0 saturated carbocycles. The molecule has 0 rings (SSSR count). The molecule has 0 unspecified atom stereocenters. The van der Waals surface area contributed by atoms with Crippen molar-refractivity contribution in [2.24, 2.45) is 0 Å². The smallest absolute Gasteiger partial charge is 0 e. The van der Waals surface area contributed by atoms with E-state index in [1.54, 1.807) is 0 Å². The monoisotopic (exact) mass is 515 g/mol. The summed E-state index contributed by atoms with van der Waals surface area (Å²) in [6, 6.07) is 0. The van der Waals surface area contributed by atoms with Crippen molar-refractivity contribution >= 4 is 0 Å². The van der Waals surface area contributed by atoms with Gasteiger partial charge in [-0.1, -0.05) is 0 Å². The Morgan fingerprint density at radius 3 is 1.00 bits per heavy atom. The third kappa shape index (κ3) is 8.85. The van der Waals surface area contributed by atoms with Gasteiger partial charge >= 0.3 is 0 Å². The van der Waals surface area contributed by atoms with Crippen molar-refractivity contribution in [3.8, 4) is 0 Å². The molecule has 0 N–H and O–H groups in total. The first-order valence-corrected chi connectivity index (χ1v) is 0. The molecule has 4 heteroatoms. The van der Waals surface area contributed by atoms with E-state index in [-0.39, 0.29) is 86.6 Å². The Balaban J connectivity index is 0. The van der Waals surface area contributed by atoms with Gasteiger partial charge in [0.1, 0.15) is 0 Å². The molecule has 0 bridgehead atoms. The van der Waals surface area contributed by atoms with E-state index in [2.05, 4.69) is 0 Å². The fourth-order valence-electron chi connectivity index (χ4n) is 0. The van der Waals surface area contributed by atoms with Crippen LogP contribution in [0, 0.1) is 0 Å². The molecule has 0 nitrogen and oxygen atoms in total. The molecule has 0 atom stereocenters. The molecular formula is IrNbTaTi. The normalized spacial score (nSPS) is 0. The fraction of sp³-hybridized carbons (Fsp3) is 0. The predicted octanol–water partition coefficient (Wildman–Crippen LogP) is -0.0100. The second-order valence-corrected chi connectivity index (χ2v) is 0. The quantitative estimate of drug-likeness (QED) is 0.400. The summed E-state index contributed by atoms with van der Waals surface area (Å²) in [5, 5.41) is 0. The summed E-state index contributed by atoms with van der Waals surface area (Å²) in [6.45, 7) is 0. The van der Waals surface area contributed by atoms with Gasteiger partial charge in [0.05, 0.1) is 0 Å². The SMILES string of the molecule is [Ir].[Nb].[Ta].[Ti]. The average Bonchev–Trinajstić information content (AvgIpc) is 0. The second-order valence-electron chi connectivity index (χ2n) is 0. The van der Waals surface area contributed by atoms with Crippen LogP contribution in [-0.2, 0) is 86.6 Å². The van der Waals surface area contributed by atoms with E-state index in [9.17, 15) is 0 Å². The van der Waals surface area contributed by atoms with Crippen molar-refractivity contribution in [3.05, 3.63) is 0 Å². The first-order chi connectivity index (χ1) is 0. The molecule has 0 heterocycles. The summed E-state index contributed by atoms with van der Waals surface area (Å²) in [5.74, 6) is 0. The first kappa shape index (κ1) is 28.9. The van der Waals surface area contributed by atoms with Crippen LogP contribution >= 0.6 is 0 Å². The summed E-state index contributed by atoms with van der Waals surface area (Å²) >= 11 is 0. The average molecular weight is 514 g/mol. The van der Waals surface area contributed by atoms with Gasteiger partial charge in [0.25, 0.3) is 0 Å². The van der Waals surface area contributed by atoms with E-state index >= 15 is 0 Å². The van der Waals surface area contributed by atoms with Crippen molar-refractivity contribution in [3.63, 3.8) is 0 Å². The molecule has 0 aromatic carbocycles. The minimum Gasteiger partial charge on any atom is 0 e. The van der Waals surface area contributed by atoms with Crippen LogP contribution in [-0.4, -0.2) is 0 Å². The van der Waals surface area contributed by atoms with Crippen LogP contribution in [0.3, 0.4) is 0 Å². The maximum atomic E-state index is 0.